The lowest BCUT2D eigenvalue weighted by Gasteiger charge is -2.17. The summed E-state index contributed by atoms with van der Waals surface area (Å²) in [5, 5.41) is 4.08. The largest absolute Gasteiger partial charge is 0.361 e. The van der Waals surface area contributed by atoms with E-state index >= 15 is 0 Å². The second-order valence-electron chi connectivity index (χ2n) is 6.62. The fraction of sp³-hybridized carbons (Fsp3) is 0.125. The van der Waals surface area contributed by atoms with E-state index in [4.69, 9.17) is 0 Å². The normalized spacial score (nSPS) is 12.0. The molecule has 0 spiro atoms. The summed E-state index contributed by atoms with van der Waals surface area (Å²) < 4.78 is 0. The van der Waals surface area contributed by atoms with Crippen LogP contribution in [0.4, 0.5) is 0 Å². The lowest BCUT2D eigenvalue weighted by molar-refractivity contribution is -0.120. The maximum atomic E-state index is 13.0. The molecule has 0 saturated carbocycles. The predicted molar refractivity (Wildman–Crippen MR) is 116 cm³/mol. The molecular formula is C24H22N2OS. The molecule has 0 aliphatic carbocycles. The van der Waals surface area contributed by atoms with Crippen LogP contribution in [0, 0.1) is 0 Å². The first kappa shape index (κ1) is 18.4. The summed E-state index contributed by atoms with van der Waals surface area (Å²) in [6, 6.07) is 28.3. The zero-order chi connectivity index (χ0) is 19.2. The molecule has 3 aromatic carbocycles. The predicted octanol–water partition coefficient (Wildman–Crippen LogP) is 5.36. The maximum Gasteiger partial charge on any atom is 0.238 e. The van der Waals surface area contributed by atoms with Crippen molar-refractivity contribution in [3.63, 3.8) is 0 Å². The van der Waals surface area contributed by atoms with E-state index in [0.29, 0.717) is 6.54 Å². The molecule has 1 atom stereocenters. The van der Waals surface area contributed by atoms with Crippen LogP contribution in [0.1, 0.15) is 16.4 Å². The summed E-state index contributed by atoms with van der Waals surface area (Å²) in [4.78, 5) is 17.4. The van der Waals surface area contributed by atoms with Crippen LogP contribution in [0.3, 0.4) is 0 Å². The summed E-state index contributed by atoms with van der Waals surface area (Å²) >= 11 is 1.58. The number of amides is 1. The Morgan fingerprint density at radius 1 is 0.893 bits per heavy atom. The van der Waals surface area contributed by atoms with Gasteiger partial charge < -0.3 is 10.3 Å². The van der Waals surface area contributed by atoms with Crippen molar-refractivity contribution in [3.05, 3.63) is 102 Å². The Morgan fingerprint density at radius 3 is 2.36 bits per heavy atom. The van der Waals surface area contributed by atoms with E-state index in [1.807, 2.05) is 79.0 Å². The number of carbonyl (C=O) groups excluding carboxylic acids is 1. The van der Waals surface area contributed by atoms with Crippen LogP contribution in [0.5, 0.6) is 0 Å². The molecule has 1 amide bonds. The van der Waals surface area contributed by atoms with Crippen LogP contribution in [-0.4, -0.2) is 17.4 Å². The lowest BCUT2D eigenvalue weighted by Crippen LogP contribution is -2.29. The number of rotatable bonds is 7. The quantitative estimate of drug-likeness (QED) is 0.420. The van der Waals surface area contributed by atoms with Gasteiger partial charge >= 0.3 is 0 Å². The Bertz CT molecular complexity index is 1040. The smallest absolute Gasteiger partial charge is 0.238 e. The number of para-hydroxylation sites is 1. The average molecular weight is 387 g/mol. The van der Waals surface area contributed by atoms with Crippen LogP contribution < -0.4 is 5.32 Å². The zero-order valence-corrected chi connectivity index (χ0v) is 16.3. The van der Waals surface area contributed by atoms with Gasteiger partial charge in [0.15, 0.2) is 0 Å². The molecule has 0 aliphatic heterocycles. The first-order chi connectivity index (χ1) is 13.8. The van der Waals surface area contributed by atoms with Crippen molar-refractivity contribution < 1.29 is 4.79 Å². The fourth-order valence-electron chi connectivity index (χ4n) is 3.29. The van der Waals surface area contributed by atoms with E-state index < -0.39 is 0 Å². The zero-order valence-electron chi connectivity index (χ0n) is 15.5. The minimum atomic E-state index is -0.272. The topological polar surface area (TPSA) is 44.9 Å². The fourth-order valence-corrected chi connectivity index (χ4v) is 4.36. The van der Waals surface area contributed by atoms with Crippen LogP contribution in [-0.2, 0) is 11.2 Å². The summed E-state index contributed by atoms with van der Waals surface area (Å²) in [6.45, 7) is 0.610. The Labute approximate surface area is 169 Å². The molecule has 2 N–H and O–H groups in total. The first-order valence-corrected chi connectivity index (χ1v) is 10.3. The summed E-state index contributed by atoms with van der Waals surface area (Å²) in [5.74, 6) is 0.0416. The van der Waals surface area contributed by atoms with Crippen molar-refractivity contribution >= 4 is 28.6 Å². The molecule has 4 heteroatoms. The van der Waals surface area contributed by atoms with Crippen LogP contribution in [0.25, 0.3) is 10.9 Å². The van der Waals surface area contributed by atoms with Gasteiger partial charge in [0, 0.05) is 28.5 Å². The van der Waals surface area contributed by atoms with Crippen LogP contribution in [0.15, 0.2) is 96.0 Å². The van der Waals surface area contributed by atoms with Gasteiger partial charge in [0.25, 0.3) is 0 Å². The molecule has 0 unspecified atom stereocenters. The van der Waals surface area contributed by atoms with Crippen molar-refractivity contribution in [1.82, 2.24) is 10.3 Å². The van der Waals surface area contributed by atoms with E-state index in [2.05, 4.69) is 22.4 Å². The van der Waals surface area contributed by atoms with Gasteiger partial charge in [0.05, 0.1) is 0 Å². The Kier molecular flexibility index (Phi) is 5.78. The minimum Gasteiger partial charge on any atom is -0.361 e. The third kappa shape index (κ3) is 4.29. The third-order valence-electron chi connectivity index (χ3n) is 4.71. The summed E-state index contributed by atoms with van der Waals surface area (Å²) in [6.07, 6.45) is 2.83. The molecule has 4 aromatic rings. The van der Waals surface area contributed by atoms with Gasteiger partial charge in [-0.25, -0.2) is 0 Å². The van der Waals surface area contributed by atoms with Crippen LogP contribution in [0.2, 0.25) is 0 Å². The highest BCUT2D eigenvalue weighted by atomic mass is 32.2. The monoisotopic (exact) mass is 386 g/mol. The van der Waals surface area contributed by atoms with Crippen molar-refractivity contribution in [3.8, 4) is 0 Å². The van der Waals surface area contributed by atoms with Gasteiger partial charge in [-0.15, -0.1) is 11.8 Å². The van der Waals surface area contributed by atoms with Crippen LogP contribution >= 0.6 is 11.8 Å². The molecule has 4 rings (SSSR count). The van der Waals surface area contributed by atoms with Gasteiger partial charge in [0.2, 0.25) is 5.91 Å². The second-order valence-corrected chi connectivity index (χ2v) is 7.80. The molecule has 0 bridgehead atoms. The van der Waals surface area contributed by atoms with Crippen molar-refractivity contribution in [1.29, 1.82) is 0 Å². The highest BCUT2D eigenvalue weighted by Gasteiger charge is 2.21. The Morgan fingerprint density at radius 2 is 1.57 bits per heavy atom. The average Bonchev–Trinajstić information content (AvgIpc) is 3.16. The second kappa shape index (κ2) is 8.81. The van der Waals surface area contributed by atoms with Crippen molar-refractivity contribution in [2.45, 2.75) is 16.6 Å². The molecule has 3 nitrogen and oxygen atoms in total. The third-order valence-corrected chi connectivity index (χ3v) is 5.97. The lowest BCUT2D eigenvalue weighted by atomic mass is 10.1. The SMILES string of the molecule is O=C(NCCc1c[nH]c2ccccc12)[C@@H](Sc1ccccc1)c1ccccc1. The summed E-state index contributed by atoms with van der Waals surface area (Å²) in [7, 11) is 0. The van der Waals surface area contributed by atoms with E-state index in [1.54, 1.807) is 11.8 Å². The number of H-pyrrole nitrogens is 1. The van der Waals surface area contributed by atoms with Gasteiger partial charge in [-0.1, -0.05) is 66.7 Å². The molecule has 0 saturated heterocycles. The number of fused-ring (bicyclic) bond motifs is 1. The number of aromatic nitrogens is 1. The molecule has 28 heavy (non-hydrogen) atoms. The number of carbonyl (C=O) groups is 1. The van der Waals surface area contributed by atoms with Gasteiger partial charge in [-0.2, -0.15) is 0 Å². The summed E-state index contributed by atoms with van der Waals surface area (Å²) in [5.41, 5.74) is 3.37. The molecule has 1 aromatic heterocycles. The Balaban J connectivity index is 1.45. The van der Waals surface area contributed by atoms with E-state index in [-0.39, 0.29) is 11.2 Å². The number of aromatic amines is 1. The highest BCUT2D eigenvalue weighted by Crippen LogP contribution is 2.35. The number of hydrogen-bond donors (Lipinski definition) is 2. The highest BCUT2D eigenvalue weighted by molar-refractivity contribution is 8.00. The molecular weight excluding hydrogens is 364 g/mol. The van der Waals surface area contributed by atoms with E-state index in [0.717, 1.165) is 22.4 Å². The minimum absolute atomic E-state index is 0.0416. The number of hydrogen-bond acceptors (Lipinski definition) is 2. The van der Waals surface area contributed by atoms with Crippen molar-refractivity contribution in [2.75, 3.05) is 6.54 Å². The standard InChI is InChI=1S/C24H22N2OS/c27-24(25-16-15-19-17-26-22-14-8-7-13-21(19)22)23(18-9-3-1-4-10-18)28-20-11-5-2-6-12-20/h1-14,17,23,26H,15-16H2,(H,25,27)/t23-/m0/s1. The number of benzene rings is 3. The first-order valence-electron chi connectivity index (χ1n) is 9.40. The van der Waals surface area contributed by atoms with Gasteiger partial charge in [0.1, 0.15) is 5.25 Å². The molecule has 1 heterocycles. The van der Waals surface area contributed by atoms with E-state index in [1.165, 1.54) is 10.9 Å². The number of nitrogens with one attached hydrogen (secondary N) is 2. The molecule has 0 aliphatic rings. The number of thioether (sulfide) groups is 1. The molecule has 0 radical (unpaired) electrons. The molecule has 0 fully saturated rings. The molecule has 140 valence electrons. The van der Waals surface area contributed by atoms with Gasteiger partial charge in [-0.3, -0.25) is 4.79 Å². The Hall–Kier alpha value is -2.98. The van der Waals surface area contributed by atoms with Crippen molar-refractivity contribution in [2.24, 2.45) is 0 Å². The maximum absolute atomic E-state index is 13.0. The van der Waals surface area contributed by atoms with E-state index in [9.17, 15) is 4.79 Å². The van der Waals surface area contributed by atoms with Gasteiger partial charge in [-0.05, 0) is 35.7 Å².